The van der Waals surface area contributed by atoms with Gasteiger partial charge < -0.3 is 10.2 Å². The third kappa shape index (κ3) is 3.39. The second-order valence-electron chi connectivity index (χ2n) is 6.03. The lowest BCUT2D eigenvalue weighted by molar-refractivity contribution is 0.149. The summed E-state index contributed by atoms with van der Waals surface area (Å²) in [5.41, 5.74) is 1.48. The molecule has 1 atom stereocenters. The SMILES string of the molecule is CN(C)C1(CNC(CC#N)c2ccccc2)CCCC1. The number of likely N-dealkylation sites (N-methyl/N-ethyl adjacent to an activating group) is 1. The standard InChI is InChI=1S/C17H25N3/c1-20(2)17(11-6-7-12-17)14-19-16(10-13-18)15-8-4-3-5-9-15/h3-5,8-9,16,19H,6-7,10-12,14H2,1-2H3. The van der Waals surface area contributed by atoms with Crippen molar-refractivity contribution in [3.63, 3.8) is 0 Å². The van der Waals surface area contributed by atoms with Gasteiger partial charge in [0.25, 0.3) is 0 Å². The largest absolute Gasteiger partial charge is 0.307 e. The topological polar surface area (TPSA) is 39.1 Å². The van der Waals surface area contributed by atoms with E-state index in [0.717, 1.165) is 6.54 Å². The van der Waals surface area contributed by atoms with Crippen molar-refractivity contribution in [2.45, 2.75) is 43.7 Å². The Morgan fingerprint density at radius 2 is 1.90 bits per heavy atom. The highest BCUT2D eigenvalue weighted by molar-refractivity contribution is 5.20. The second-order valence-corrected chi connectivity index (χ2v) is 6.03. The van der Waals surface area contributed by atoms with E-state index >= 15 is 0 Å². The predicted octanol–water partition coefficient (Wildman–Crippen LogP) is 3.11. The van der Waals surface area contributed by atoms with Crippen LogP contribution in [0.4, 0.5) is 0 Å². The van der Waals surface area contributed by atoms with E-state index in [-0.39, 0.29) is 11.6 Å². The third-order valence-electron chi connectivity index (χ3n) is 4.66. The van der Waals surface area contributed by atoms with Crippen molar-refractivity contribution in [1.82, 2.24) is 10.2 Å². The van der Waals surface area contributed by atoms with Gasteiger partial charge in [0.05, 0.1) is 12.5 Å². The number of nitriles is 1. The number of hydrogen-bond acceptors (Lipinski definition) is 3. The quantitative estimate of drug-likeness (QED) is 0.864. The van der Waals surface area contributed by atoms with Gasteiger partial charge in [-0.25, -0.2) is 0 Å². The molecule has 1 N–H and O–H groups in total. The summed E-state index contributed by atoms with van der Waals surface area (Å²) in [7, 11) is 4.35. The van der Waals surface area contributed by atoms with Crippen LogP contribution in [0.2, 0.25) is 0 Å². The van der Waals surface area contributed by atoms with Crippen LogP contribution in [0.3, 0.4) is 0 Å². The van der Waals surface area contributed by atoms with Crippen LogP contribution in [0, 0.1) is 11.3 Å². The number of hydrogen-bond donors (Lipinski definition) is 1. The minimum atomic E-state index is 0.138. The van der Waals surface area contributed by atoms with Crippen LogP contribution in [0.5, 0.6) is 0 Å². The first kappa shape index (κ1) is 15.0. The molecule has 2 rings (SSSR count). The Morgan fingerprint density at radius 3 is 2.45 bits per heavy atom. The number of rotatable bonds is 6. The molecule has 0 aromatic heterocycles. The van der Waals surface area contributed by atoms with E-state index in [4.69, 9.17) is 5.26 Å². The van der Waals surface area contributed by atoms with E-state index in [1.165, 1.54) is 31.2 Å². The maximum Gasteiger partial charge on any atom is 0.0641 e. The molecular formula is C17H25N3. The van der Waals surface area contributed by atoms with Crippen LogP contribution >= 0.6 is 0 Å². The summed E-state index contributed by atoms with van der Waals surface area (Å²) in [5.74, 6) is 0. The van der Waals surface area contributed by atoms with Crippen molar-refractivity contribution in [3.8, 4) is 6.07 Å². The van der Waals surface area contributed by atoms with Gasteiger partial charge in [0.2, 0.25) is 0 Å². The van der Waals surface area contributed by atoms with E-state index in [1.54, 1.807) is 0 Å². The smallest absolute Gasteiger partial charge is 0.0641 e. The van der Waals surface area contributed by atoms with Crippen molar-refractivity contribution >= 4 is 0 Å². The summed E-state index contributed by atoms with van der Waals surface area (Å²) in [6, 6.07) is 12.8. The molecule has 108 valence electrons. The van der Waals surface area contributed by atoms with Gasteiger partial charge in [0.15, 0.2) is 0 Å². The van der Waals surface area contributed by atoms with E-state index in [9.17, 15) is 0 Å². The molecule has 0 radical (unpaired) electrons. The zero-order valence-electron chi connectivity index (χ0n) is 12.6. The zero-order chi connectivity index (χ0) is 14.4. The Balaban J connectivity index is 2.04. The lowest BCUT2D eigenvalue weighted by atomic mass is 9.94. The molecule has 0 amide bonds. The highest BCUT2D eigenvalue weighted by Gasteiger charge is 2.36. The van der Waals surface area contributed by atoms with Gasteiger partial charge in [-0.15, -0.1) is 0 Å². The Bertz CT molecular complexity index is 441. The van der Waals surface area contributed by atoms with Crippen LogP contribution in [0.1, 0.15) is 43.7 Å². The van der Waals surface area contributed by atoms with Crippen LogP contribution in [0.25, 0.3) is 0 Å². The first-order valence-electron chi connectivity index (χ1n) is 7.51. The average Bonchev–Trinajstić information content (AvgIpc) is 2.94. The lowest BCUT2D eigenvalue weighted by Gasteiger charge is -2.37. The first-order valence-corrected chi connectivity index (χ1v) is 7.51. The molecule has 0 spiro atoms. The third-order valence-corrected chi connectivity index (χ3v) is 4.66. The molecular weight excluding hydrogens is 246 g/mol. The number of nitrogens with one attached hydrogen (secondary N) is 1. The Labute approximate surface area is 122 Å². The van der Waals surface area contributed by atoms with Crippen LogP contribution < -0.4 is 5.32 Å². The number of benzene rings is 1. The van der Waals surface area contributed by atoms with Gasteiger partial charge in [-0.3, -0.25) is 0 Å². The van der Waals surface area contributed by atoms with Gasteiger partial charge in [-0.2, -0.15) is 5.26 Å². The molecule has 1 fully saturated rings. The molecule has 0 aliphatic heterocycles. The Hall–Kier alpha value is -1.37. The molecule has 0 bridgehead atoms. The molecule has 1 unspecified atom stereocenters. The van der Waals surface area contributed by atoms with Crippen LogP contribution in [0.15, 0.2) is 30.3 Å². The van der Waals surface area contributed by atoms with Gasteiger partial charge in [-0.1, -0.05) is 43.2 Å². The minimum absolute atomic E-state index is 0.138. The summed E-state index contributed by atoms with van der Waals surface area (Å²) in [6.07, 6.45) is 5.65. The molecule has 3 nitrogen and oxygen atoms in total. The molecule has 1 saturated carbocycles. The van der Waals surface area contributed by atoms with Crippen molar-refractivity contribution in [2.75, 3.05) is 20.6 Å². The van der Waals surface area contributed by atoms with E-state index in [2.05, 4.69) is 42.5 Å². The molecule has 0 saturated heterocycles. The van der Waals surface area contributed by atoms with Gasteiger partial charge in [0, 0.05) is 18.1 Å². The summed E-state index contributed by atoms with van der Waals surface area (Å²) >= 11 is 0. The maximum absolute atomic E-state index is 9.06. The Morgan fingerprint density at radius 1 is 1.25 bits per heavy atom. The summed E-state index contributed by atoms with van der Waals surface area (Å²) in [6.45, 7) is 0.960. The van der Waals surface area contributed by atoms with Crippen molar-refractivity contribution in [3.05, 3.63) is 35.9 Å². The molecule has 1 aromatic rings. The zero-order valence-corrected chi connectivity index (χ0v) is 12.6. The molecule has 3 heteroatoms. The molecule has 20 heavy (non-hydrogen) atoms. The fourth-order valence-corrected chi connectivity index (χ4v) is 3.21. The van der Waals surface area contributed by atoms with Crippen molar-refractivity contribution < 1.29 is 0 Å². The van der Waals surface area contributed by atoms with Gasteiger partial charge in [0.1, 0.15) is 0 Å². The fourth-order valence-electron chi connectivity index (χ4n) is 3.21. The second kappa shape index (κ2) is 6.88. The highest BCUT2D eigenvalue weighted by atomic mass is 15.2. The van der Waals surface area contributed by atoms with Crippen molar-refractivity contribution in [1.29, 1.82) is 5.26 Å². The van der Waals surface area contributed by atoms with Crippen LogP contribution in [-0.4, -0.2) is 31.1 Å². The molecule has 0 heterocycles. The van der Waals surface area contributed by atoms with Crippen molar-refractivity contribution in [2.24, 2.45) is 0 Å². The molecule has 1 aliphatic rings. The van der Waals surface area contributed by atoms with E-state index in [1.807, 2.05) is 18.2 Å². The highest BCUT2D eigenvalue weighted by Crippen LogP contribution is 2.33. The van der Waals surface area contributed by atoms with E-state index < -0.39 is 0 Å². The van der Waals surface area contributed by atoms with E-state index in [0.29, 0.717) is 6.42 Å². The predicted molar refractivity (Wildman–Crippen MR) is 82.3 cm³/mol. The molecule has 1 aromatic carbocycles. The van der Waals surface area contributed by atoms with Gasteiger partial charge >= 0.3 is 0 Å². The van der Waals surface area contributed by atoms with Crippen LogP contribution in [-0.2, 0) is 0 Å². The fraction of sp³-hybridized carbons (Fsp3) is 0.588. The average molecular weight is 271 g/mol. The summed E-state index contributed by atoms with van der Waals surface area (Å²) < 4.78 is 0. The Kier molecular flexibility index (Phi) is 5.17. The van der Waals surface area contributed by atoms with Gasteiger partial charge in [-0.05, 0) is 32.5 Å². The minimum Gasteiger partial charge on any atom is -0.307 e. The monoisotopic (exact) mass is 271 g/mol. The first-order chi connectivity index (χ1) is 9.68. The maximum atomic E-state index is 9.06. The summed E-state index contributed by atoms with van der Waals surface area (Å²) in [5, 5.41) is 12.7. The lowest BCUT2D eigenvalue weighted by Crippen LogP contribution is -2.50. The molecule has 1 aliphatic carbocycles. The normalized spacial score (nSPS) is 18.9. The summed E-state index contributed by atoms with van der Waals surface area (Å²) in [4.78, 5) is 2.36. The number of nitrogens with zero attached hydrogens (tertiary/aromatic N) is 2.